The van der Waals surface area contributed by atoms with Gasteiger partial charge in [-0.05, 0) is 38.9 Å². The second-order valence-corrected chi connectivity index (χ2v) is 5.35. The minimum Gasteiger partial charge on any atom is -0.360 e. The van der Waals surface area contributed by atoms with E-state index in [-0.39, 0.29) is 0 Å². The van der Waals surface area contributed by atoms with Crippen molar-refractivity contribution < 1.29 is 4.90 Å². The lowest BCUT2D eigenvalue weighted by Gasteiger charge is -2.24. The van der Waals surface area contributed by atoms with Crippen LogP contribution in [-0.4, -0.2) is 37.3 Å². The lowest BCUT2D eigenvalue weighted by molar-refractivity contribution is -0.895. The van der Waals surface area contributed by atoms with E-state index in [4.69, 9.17) is 12.2 Å². The number of likely N-dealkylation sites (N-methyl/N-ethyl adjacent to an activating group) is 1. The summed E-state index contributed by atoms with van der Waals surface area (Å²) in [5, 5.41) is 7.62. The van der Waals surface area contributed by atoms with Crippen molar-refractivity contribution in [1.29, 1.82) is 0 Å². The molecule has 3 nitrogen and oxygen atoms in total. The van der Waals surface area contributed by atoms with E-state index in [0.29, 0.717) is 6.04 Å². The van der Waals surface area contributed by atoms with Crippen LogP contribution in [0.25, 0.3) is 0 Å². The fourth-order valence-corrected chi connectivity index (χ4v) is 2.71. The van der Waals surface area contributed by atoms with Gasteiger partial charge in [0.15, 0.2) is 5.11 Å². The molecule has 1 aliphatic rings. The van der Waals surface area contributed by atoms with E-state index in [1.54, 1.807) is 4.90 Å². The first-order chi connectivity index (χ1) is 8.26. The average Bonchev–Trinajstić information content (AvgIpc) is 2.36. The van der Waals surface area contributed by atoms with Crippen LogP contribution in [0.5, 0.6) is 0 Å². The van der Waals surface area contributed by atoms with Crippen molar-refractivity contribution in [3.63, 3.8) is 0 Å². The molecule has 0 atom stereocenters. The topological polar surface area (TPSA) is 28.5 Å². The van der Waals surface area contributed by atoms with Crippen molar-refractivity contribution in [3.05, 3.63) is 0 Å². The zero-order valence-corrected chi connectivity index (χ0v) is 12.2. The maximum absolute atomic E-state index is 5.33. The van der Waals surface area contributed by atoms with Crippen molar-refractivity contribution in [1.82, 2.24) is 10.6 Å². The van der Waals surface area contributed by atoms with Crippen LogP contribution in [0.2, 0.25) is 0 Å². The Morgan fingerprint density at radius 1 is 1.18 bits per heavy atom. The summed E-state index contributed by atoms with van der Waals surface area (Å²) in [6.07, 6.45) is 6.66. The Morgan fingerprint density at radius 3 is 2.41 bits per heavy atom. The first-order valence-electron chi connectivity index (χ1n) is 7.14. The zero-order valence-electron chi connectivity index (χ0n) is 11.3. The van der Waals surface area contributed by atoms with Gasteiger partial charge in [-0.2, -0.15) is 0 Å². The molecular weight excluding hydrogens is 230 g/mol. The van der Waals surface area contributed by atoms with E-state index < -0.39 is 0 Å². The van der Waals surface area contributed by atoms with E-state index in [2.05, 4.69) is 24.5 Å². The van der Waals surface area contributed by atoms with Gasteiger partial charge in [-0.1, -0.05) is 19.3 Å². The Labute approximate surface area is 111 Å². The molecule has 0 saturated heterocycles. The van der Waals surface area contributed by atoms with Crippen LogP contribution in [0.4, 0.5) is 0 Å². The highest BCUT2D eigenvalue weighted by molar-refractivity contribution is 7.80. The third-order valence-corrected chi connectivity index (χ3v) is 3.97. The smallest absolute Gasteiger partial charge is 0.166 e. The normalized spacial score (nSPS) is 17.1. The Balaban J connectivity index is 2.07. The highest BCUT2D eigenvalue weighted by atomic mass is 32.1. The summed E-state index contributed by atoms with van der Waals surface area (Å²) < 4.78 is 0. The van der Waals surface area contributed by atoms with Gasteiger partial charge in [0.1, 0.15) is 0 Å². The van der Waals surface area contributed by atoms with Crippen molar-refractivity contribution in [2.75, 3.05) is 26.2 Å². The van der Waals surface area contributed by atoms with Crippen molar-refractivity contribution in [2.24, 2.45) is 0 Å². The first kappa shape index (κ1) is 14.7. The molecule has 0 aliphatic heterocycles. The molecule has 3 N–H and O–H groups in total. The number of hydrogen-bond acceptors (Lipinski definition) is 1. The van der Waals surface area contributed by atoms with Gasteiger partial charge in [0.05, 0.1) is 26.2 Å². The van der Waals surface area contributed by atoms with Gasteiger partial charge < -0.3 is 15.5 Å². The van der Waals surface area contributed by atoms with Crippen molar-refractivity contribution in [3.8, 4) is 0 Å². The molecule has 0 heterocycles. The fraction of sp³-hybridized carbons (Fsp3) is 0.923. The highest BCUT2D eigenvalue weighted by Gasteiger charge is 2.13. The van der Waals surface area contributed by atoms with Crippen LogP contribution < -0.4 is 15.5 Å². The summed E-state index contributed by atoms with van der Waals surface area (Å²) in [6.45, 7) is 8.99. The molecule has 0 bridgehead atoms. The summed E-state index contributed by atoms with van der Waals surface area (Å²) in [6, 6.07) is 0.615. The summed E-state index contributed by atoms with van der Waals surface area (Å²) in [5.74, 6) is 0. The van der Waals surface area contributed by atoms with Crippen LogP contribution in [0.15, 0.2) is 0 Å². The number of hydrogen-bond donors (Lipinski definition) is 3. The van der Waals surface area contributed by atoms with Gasteiger partial charge in [0, 0.05) is 6.04 Å². The molecule has 1 aliphatic carbocycles. The quantitative estimate of drug-likeness (QED) is 0.613. The SMILES string of the molecule is CC[NH+](CC)CCNC(=S)NC1CCCCC1. The number of rotatable bonds is 6. The second kappa shape index (κ2) is 8.70. The number of nitrogens with one attached hydrogen (secondary N) is 3. The van der Waals surface area contributed by atoms with E-state index in [0.717, 1.165) is 18.2 Å². The van der Waals surface area contributed by atoms with Crippen molar-refractivity contribution in [2.45, 2.75) is 52.0 Å². The maximum atomic E-state index is 5.33. The van der Waals surface area contributed by atoms with Crippen LogP contribution in [0.3, 0.4) is 0 Å². The van der Waals surface area contributed by atoms with Crippen LogP contribution in [-0.2, 0) is 0 Å². The third kappa shape index (κ3) is 6.22. The zero-order chi connectivity index (χ0) is 12.5. The Morgan fingerprint density at radius 2 is 1.82 bits per heavy atom. The monoisotopic (exact) mass is 258 g/mol. The lowest BCUT2D eigenvalue weighted by atomic mass is 9.96. The molecule has 0 spiro atoms. The molecule has 0 aromatic carbocycles. The van der Waals surface area contributed by atoms with Crippen LogP contribution in [0.1, 0.15) is 46.0 Å². The molecule has 1 fully saturated rings. The summed E-state index contributed by atoms with van der Waals surface area (Å²) >= 11 is 5.33. The largest absolute Gasteiger partial charge is 0.360 e. The minimum atomic E-state index is 0.615. The standard InChI is InChI=1S/C13H27N3S/c1-3-16(4-2)11-10-14-13(17)15-12-8-6-5-7-9-12/h12H,3-11H2,1-2H3,(H2,14,15,17)/p+1. The number of thiocarbonyl (C=S) groups is 1. The van der Waals surface area contributed by atoms with Gasteiger partial charge in [-0.15, -0.1) is 0 Å². The van der Waals surface area contributed by atoms with Gasteiger partial charge in [0.2, 0.25) is 0 Å². The van der Waals surface area contributed by atoms with E-state index in [1.807, 2.05) is 0 Å². The van der Waals surface area contributed by atoms with Crippen LogP contribution in [0, 0.1) is 0 Å². The molecule has 1 rings (SSSR count). The second-order valence-electron chi connectivity index (χ2n) is 4.94. The van der Waals surface area contributed by atoms with E-state index in [9.17, 15) is 0 Å². The molecule has 1 saturated carbocycles. The molecule has 17 heavy (non-hydrogen) atoms. The minimum absolute atomic E-state index is 0.615. The van der Waals surface area contributed by atoms with Gasteiger partial charge >= 0.3 is 0 Å². The molecule has 4 heteroatoms. The Hall–Kier alpha value is -0.350. The molecule has 0 unspecified atom stereocenters. The lowest BCUT2D eigenvalue weighted by Crippen LogP contribution is -3.12. The average molecular weight is 258 g/mol. The third-order valence-electron chi connectivity index (χ3n) is 3.70. The molecule has 0 aromatic heterocycles. The van der Waals surface area contributed by atoms with Gasteiger partial charge in [-0.3, -0.25) is 0 Å². The predicted octanol–water partition coefficient (Wildman–Crippen LogP) is 0.708. The Kier molecular flexibility index (Phi) is 7.53. The fourth-order valence-electron chi connectivity index (χ4n) is 2.44. The summed E-state index contributed by atoms with van der Waals surface area (Å²) in [5.41, 5.74) is 0. The van der Waals surface area contributed by atoms with E-state index >= 15 is 0 Å². The van der Waals surface area contributed by atoms with E-state index in [1.165, 1.54) is 45.2 Å². The maximum Gasteiger partial charge on any atom is 0.166 e. The summed E-state index contributed by atoms with van der Waals surface area (Å²) in [7, 11) is 0. The van der Waals surface area contributed by atoms with Gasteiger partial charge in [-0.25, -0.2) is 0 Å². The first-order valence-corrected chi connectivity index (χ1v) is 7.55. The molecule has 0 aromatic rings. The van der Waals surface area contributed by atoms with Crippen LogP contribution >= 0.6 is 12.2 Å². The summed E-state index contributed by atoms with van der Waals surface area (Å²) in [4.78, 5) is 1.62. The predicted molar refractivity (Wildman–Crippen MR) is 77.5 cm³/mol. The molecule has 0 radical (unpaired) electrons. The molecule has 100 valence electrons. The molecular formula is C13H28N3S+. The van der Waals surface area contributed by atoms with Crippen molar-refractivity contribution >= 4 is 17.3 Å². The Bertz CT molecular complexity index is 211. The highest BCUT2D eigenvalue weighted by Crippen LogP contribution is 2.16. The number of quaternary nitrogens is 1. The van der Waals surface area contributed by atoms with Gasteiger partial charge in [0.25, 0.3) is 0 Å². The molecule has 0 amide bonds.